The number of amides is 1. The molecule has 3 rings (SSSR count). The Kier molecular flexibility index (Phi) is 5.67. The lowest BCUT2D eigenvalue weighted by Gasteiger charge is -2.38. The van der Waals surface area contributed by atoms with Crippen LogP contribution in [0, 0.1) is 0 Å². The van der Waals surface area contributed by atoms with Gasteiger partial charge in [-0.2, -0.15) is 0 Å². The number of hydrogen-bond donors (Lipinski definition) is 0. The molecule has 0 aromatic heterocycles. The molecule has 1 aliphatic heterocycles. The molecule has 2 aromatic rings. The maximum Gasteiger partial charge on any atom is 0.234 e. The van der Waals surface area contributed by atoms with E-state index in [1.54, 1.807) is 0 Å². The van der Waals surface area contributed by atoms with Crippen LogP contribution in [0.2, 0.25) is 0 Å². The fourth-order valence-corrected chi connectivity index (χ4v) is 3.45. The summed E-state index contributed by atoms with van der Waals surface area (Å²) in [5, 5.41) is 0. The van der Waals surface area contributed by atoms with Gasteiger partial charge in [0.25, 0.3) is 0 Å². The fourth-order valence-electron chi connectivity index (χ4n) is 3.45. The van der Waals surface area contributed by atoms with Crippen LogP contribution in [-0.4, -0.2) is 47.9 Å². The molecule has 0 radical (unpaired) electrons. The Labute approximate surface area is 150 Å². The van der Waals surface area contributed by atoms with Crippen LogP contribution in [-0.2, 0) is 4.79 Å². The monoisotopic (exact) mass is 334 g/mol. The Hall–Kier alpha value is -2.39. The summed E-state index contributed by atoms with van der Waals surface area (Å²) in [7, 11) is 0. The molecule has 0 N–H and O–H groups in total. The van der Waals surface area contributed by atoms with Gasteiger partial charge >= 0.3 is 0 Å². The minimum Gasteiger partial charge on any atom is -0.339 e. The van der Waals surface area contributed by atoms with E-state index in [0.717, 1.165) is 37.3 Å². The molecular weight excluding hydrogens is 308 g/mol. The van der Waals surface area contributed by atoms with Crippen molar-refractivity contribution in [3.63, 3.8) is 0 Å². The van der Waals surface area contributed by atoms with Crippen LogP contribution in [0.5, 0.6) is 0 Å². The van der Waals surface area contributed by atoms with Gasteiger partial charge in [-0.3, -0.25) is 9.69 Å². The zero-order chi connectivity index (χ0) is 17.6. The van der Waals surface area contributed by atoms with Gasteiger partial charge in [0.1, 0.15) is 0 Å². The topological polar surface area (TPSA) is 23.6 Å². The van der Waals surface area contributed by atoms with E-state index in [2.05, 4.69) is 18.4 Å². The van der Waals surface area contributed by atoms with Crippen molar-refractivity contribution in [1.29, 1.82) is 0 Å². The van der Waals surface area contributed by atoms with Crippen LogP contribution in [0.4, 0.5) is 0 Å². The number of rotatable bonds is 5. The zero-order valence-electron chi connectivity index (χ0n) is 14.8. The van der Waals surface area contributed by atoms with Gasteiger partial charge in [0.05, 0.1) is 5.92 Å². The Balaban J connectivity index is 1.80. The highest BCUT2D eigenvalue weighted by Gasteiger charge is 2.30. The molecule has 0 spiro atoms. The average Bonchev–Trinajstić information content (AvgIpc) is 2.69. The molecular formula is C22H26N2O. The second-order valence-corrected chi connectivity index (χ2v) is 6.59. The minimum absolute atomic E-state index is 0.198. The summed E-state index contributed by atoms with van der Waals surface area (Å²) in [6.45, 7) is 9.37. The van der Waals surface area contributed by atoms with Crippen molar-refractivity contribution in [2.75, 3.05) is 26.2 Å². The van der Waals surface area contributed by atoms with Gasteiger partial charge in [0, 0.05) is 32.2 Å². The molecule has 1 fully saturated rings. The van der Waals surface area contributed by atoms with Gasteiger partial charge in [-0.25, -0.2) is 0 Å². The third-order valence-corrected chi connectivity index (χ3v) is 5.06. The molecule has 1 saturated heterocycles. The molecule has 1 atom stereocenters. The number of nitrogens with zero attached hydrogens (tertiary/aromatic N) is 2. The second-order valence-electron chi connectivity index (χ2n) is 6.59. The Morgan fingerprint density at radius 3 is 1.84 bits per heavy atom. The molecule has 1 heterocycles. The van der Waals surface area contributed by atoms with Gasteiger partial charge in [0.2, 0.25) is 5.91 Å². The van der Waals surface area contributed by atoms with Crippen LogP contribution < -0.4 is 0 Å². The van der Waals surface area contributed by atoms with E-state index in [1.807, 2.05) is 71.6 Å². The lowest BCUT2D eigenvalue weighted by atomic mass is 9.90. The molecule has 0 saturated carbocycles. The van der Waals surface area contributed by atoms with Crippen LogP contribution >= 0.6 is 0 Å². The van der Waals surface area contributed by atoms with Gasteiger partial charge < -0.3 is 4.90 Å². The van der Waals surface area contributed by atoms with Gasteiger partial charge in [-0.05, 0) is 18.1 Å². The van der Waals surface area contributed by atoms with E-state index < -0.39 is 0 Å². The quantitative estimate of drug-likeness (QED) is 0.781. The highest BCUT2D eigenvalue weighted by atomic mass is 16.2. The summed E-state index contributed by atoms with van der Waals surface area (Å²) in [6.07, 6.45) is 1.97. The lowest BCUT2D eigenvalue weighted by molar-refractivity contribution is -0.133. The zero-order valence-corrected chi connectivity index (χ0v) is 14.8. The molecule has 1 unspecified atom stereocenters. The van der Waals surface area contributed by atoms with Crippen molar-refractivity contribution in [1.82, 2.24) is 9.80 Å². The van der Waals surface area contributed by atoms with E-state index in [0.29, 0.717) is 6.04 Å². The Morgan fingerprint density at radius 2 is 1.40 bits per heavy atom. The molecule has 3 heteroatoms. The van der Waals surface area contributed by atoms with Crippen molar-refractivity contribution >= 4 is 5.91 Å². The minimum atomic E-state index is -0.231. The van der Waals surface area contributed by atoms with Crippen LogP contribution in [0.25, 0.3) is 0 Å². The number of piperazine rings is 1. The first-order valence-electron chi connectivity index (χ1n) is 8.96. The summed E-state index contributed by atoms with van der Waals surface area (Å²) in [4.78, 5) is 17.7. The molecule has 1 amide bonds. The maximum absolute atomic E-state index is 13.3. The molecule has 130 valence electrons. The average molecular weight is 334 g/mol. The van der Waals surface area contributed by atoms with E-state index in [-0.39, 0.29) is 11.8 Å². The smallest absolute Gasteiger partial charge is 0.234 e. The molecule has 2 aromatic carbocycles. The predicted octanol–water partition coefficient (Wildman–Crippen LogP) is 3.54. The molecule has 0 aliphatic carbocycles. The first-order chi connectivity index (χ1) is 12.2. The summed E-state index contributed by atoms with van der Waals surface area (Å²) < 4.78 is 0. The highest BCUT2D eigenvalue weighted by molar-refractivity contribution is 5.87. The third kappa shape index (κ3) is 3.99. The van der Waals surface area contributed by atoms with Gasteiger partial charge in [0.15, 0.2) is 0 Å². The number of carbonyl (C=O) groups is 1. The maximum atomic E-state index is 13.3. The first kappa shape index (κ1) is 17.4. The lowest BCUT2D eigenvalue weighted by Crippen LogP contribution is -2.52. The normalized spacial score (nSPS) is 16.6. The van der Waals surface area contributed by atoms with Crippen LogP contribution in [0.15, 0.2) is 73.3 Å². The largest absolute Gasteiger partial charge is 0.339 e. The van der Waals surface area contributed by atoms with Crippen molar-refractivity contribution < 1.29 is 4.79 Å². The second kappa shape index (κ2) is 8.13. The van der Waals surface area contributed by atoms with E-state index >= 15 is 0 Å². The van der Waals surface area contributed by atoms with Crippen molar-refractivity contribution in [3.8, 4) is 0 Å². The summed E-state index contributed by atoms with van der Waals surface area (Å²) >= 11 is 0. The van der Waals surface area contributed by atoms with Crippen molar-refractivity contribution in [2.24, 2.45) is 0 Å². The summed E-state index contributed by atoms with van der Waals surface area (Å²) in [5.41, 5.74) is 2.11. The summed E-state index contributed by atoms with van der Waals surface area (Å²) in [6, 6.07) is 20.5. The predicted molar refractivity (Wildman–Crippen MR) is 103 cm³/mol. The highest BCUT2D eigenvalue weighted by Crippen LogP contribution is 2.27. The van der Waals surface area contributed by atoms with Gasteiger partial charge in [-0.15, -0.1) is 6.58 Å². The third-order valence-electron chi connectivity index (χ3n) is 5.06. The molecule has 3 nitrogen and oxygen atoms in total. The van der Waals surface area contributed by atoms with E-state index in [4.69, 9.17) is 0 Å². The Bertz CT molecular complexity index is 651. The van der Waals surface area contributed by atoms with Crippen LogP contribution in [0.3, 0.4) is 0 Å². The van der Waals surface area contributed by atoms with E-state index in [1.165, 1.54) is 0 Å². The fraction of sp³-hybridized carbons (Fsp3) is 0.318. The SMILES string of the molecule is C=CC(C)N1CCN(C(=O)C(c2ccccc2)c2ccccc2)CC1. The molecule has 25 heavy (non-hydrogen) atoms. The van der Waals surface area contributed by atoms with E-state index in [9.17, 15) is 4.79 Å². The van der Waals surface area contributed by atoms with Crippen molar-refractivity contribution in [3.05, 3.63) is 84.4 Å². The van der Waals surface area contributed by atoms with Gasteiger partial charge in [-0.1, -0.05) is 66.7 Å². The molecule has 1 aliphatic rings. The van der Waals surface area contributed by atoms with Crippen molar-refractivity contribution in [2.45, 2.75) is 18.9 Å². The number of carbonyl (C=O) groups excluding carboxylic acids is 1. The number of hydrogen-bond acceptors (Lipinski definition) is 2. The first-order valence-corrected chi connectivity index (χ1v) is 8.96. The molecule has 0 bridgehead atoms. The standard InChI is InChI=1S/C22H26N2O/c1-3-18(2)23-14-16-24(17-15-23)22(25)21(19-10-6-4-7-11-19)20-12-8-5-9-13-20/h3-13,18,21H,1,14-17H2,2H3. The number of benzene rings is 2. The Morgan fingerprint density at radius 1 is 0.920 bits per heavy atom. The van der Waals surface area contributed by atoms with Crippen LogP contribution in [0.1, 0.15) is 24.0 Å². The summed E-state index contributed by atoms with van der Waals surface area (Å²) in [5.74, 6) is -0.0333.